The first-order valence-electron chi connectivity index (χ1n) is 6.69. The maximum atomic E-state index is 11.7. The molecule has 0 aromatic carbocycles. The van der Waals surface area contributed by atoms with E-state index >= 15 is 0 Å². The average molecular weight is 240 g/mol. The van der Waals surface area contributed by atoms with Gasteiger partial charge in [-0.1, -0.05) is 13.8 Å². The van der Waals surface area contributed by atoms with Crippen LogP contribution in [-0.2, 0) is 9.53 Å². The van der Waals surface area contributed by atoms with Crippen molar-refractivity contribution in [2.24, 2.45) is 11.8 Å². The fraction of sp³-hybridized carbons (Fsp3) is 0.929. The van der Waals surface area contributed by atoms with Gasteiger partial charge in [0.05, 0.1) is 17.3 Å². The molecule has 4 atom stereocenters. The fourth-order valence-electron chi connectivity index (χ4n) is 3.43. The van der Waals surface area contributed by atoms with Crippen LogP contribution in [-0.4, -0.2) is 28.2 Å². The van der Waals surface area contributed by atoms with E-state index in [1.54, 1.807) is 0 Å². The Morgan fingerprint density at radius 3 is 2.53 bits per heavy atom. The Morgan fingerprint density at radius 1 is 1.47 bits per heavy atom. The molecule has 17 heavy (non-hydrogen) atoms. The molecule has 98 valence electrons. The van der Waals surface area contributed by atoms with Gasteiger partial charge in [0.2, 0.25) is 0 Å². The monoisotopic (exact) mass is 240 g/mol. The summed E-state index contributed by atoms with van der Waals surface area (Å²) < 4.78 is 6.08. The maximum absolute atomic E-state index is 11.7. The lowest BCUT2D eigenvalue weighted by atomic mass is 9.82. The van der Waals surface area contributed by atoms with Gasteiger partial charge >= 0.3 is 0 Å². The fourth-order valence-corrected chi connectivity index (χ4v) is 3.43. The number of ketones is 1. The molecular weight excluding hydrogens is 216 g/mol. The molecule has 0 aromatic rings. The highest BCUT2D eigenvalue weighted by Crippen LogP contribution is 2.54. The van der Waals surface area contributed by atoms with Crippen molar-refractivity contribution in [3.8, 4) is 0 Å². The summed E-state index contributed by atoms with van der Waals surface area (Å²) in [6.45, 7) is 7.91. The van der Waals surface area contributed by atoms with E-state index in [-0.39, 0.29) is 34.9 Å². The molecule has 2 aliphatic rings. The minimum atomic E-state index is -0.375. The zero-order valence-corrected chi connectivity index (χ0v) is 11.3. The number of carbonyl (C=O) groups excluding carboxylic acids is 1. The quantitative estimate of drug-likeness (QED) is 0.820. The topological polar surface area (TPSA) is 46.5 Å². The van der Waals surface area contributed by atoms with Crippen molar-refractivity contribution in [2.45, 2.75) is 70.7 Å². The van der Waals surface area contributed by atoms with E-state index in [1.807, 2.05) is 20.8 Å². The van der Waals surface area contributed by atoms with Crippen LogP contribution in [0.25, 0.3) is 0 Å². The van der Waals surface area contributed by atoms with E-state index in [2.05, 4.69) is 6.92 Å². The van der Waals surface area contributed by atoms with Crippen LogP contribution in [0.4, 0.5) is 0 Å². The molecule has 2 fully saturated rings. The molecule has 2 rings (SSSR count). The first-order valence-corrected chi connectivity index (χ1v) is 6.69. The smallest absolute Gasteiger partial charge is 0.135 e. The molecule has 1 N–H and O–H groups in total. The summed E-state index contributed by atoms with van der Waals surface area (Å²) in [6, 6.07) is 0. The van der Waals surface area contributed by atoms with Crippen LogP contribution < -0.4 is 0 Å². The van der Waals surface area contributed by atoms with E-state index in [0.717, 1.165) is 19.3 Å². The second-order valence-electron chi connectivity index (χ2n) is 6.44. The van der Waals surface area contributed by atoms with Gasteiger partial charge in [0.15, 0.2) is 0 Å². The summed E-state index contributed by atoms with van der Waals surface area (Å²) in [5, 5.41) is 10.2. The molecule has 2 bridgehead atoms. The summed E-state index contributed by atoms with van der Waals surface area (Å²) in [7, 11) is 0. The predicted octanol–water partition coefficient (Wildman–Crippen LogP) is 2.31. The molecule has 3 heteroatoms. The minimum Gasteiger partial charge on any atom is -0.390 e. The third-order valence-corrected chi connectivity index (χ3v) is 4.72. The van der Waals surface area contributed by atoms with Crippen molar-refractivity contribution in [3.05, 3.63) is 0 Å². The van der Waals surface area contributed by atoms with Crippen molar-refractivity contribution in [3.63, 3.8) is 0 Å². The second kappa shape index (κ2) is 4.06. The number of aliphatic hydroxyl groups excluding tert-OH is 1. The lowest BCUT2D eigenvalue weighted by molar-refractivity contribution is -0.139. The highest BCUT2D eigenvalue weighted by molar-refractivity contribution is 5.80. The van der Waals surface area contributed by atoms with Crippen LogP contribution in [0, 0.1) is 11.8 Å². The van der Waals surface area contributed by atoms with Gasteiger partial charge in [-0.25, -0.2) is 0 Å². The number of ether oxygens (including phenoxy) is 1. The molecule has 1 saturated carbocycles. The Bertz CT molecular complexity index is 325. The van der Waals surface area contributed by atoms with Gasteiger partial charge in [-0.05, 0) is 33.1 Å². The van der Waals surface area contributed by atoms with Gasteiger partial charge in [-0.2, -0.15) is 0 Å². The van der Waals surface area contributed by atoms with Crippen molar-refractivity contribution in [2.75, 3.05) is 0 Å². The Kier molecular flexibility index (Phi) is 3.11. The Labute approximate surface area is 104 Å². The third-order valence-electron chi connectivity index (χ3n) is 4.72. The summed E-state index contributed by atoms with van der Waals surface area (Å²) in [6.07, 6.45) is 2.90. The lowest BCUT2D eigenvalue weighted by Gasteiger charge is -2.36. The lowest BCUT2D eigenvalue weighted by Crippen LogP contribution is -2.39. The van der Waals surface area contributed by atoms with Crippen molar-refractivity contribution in [1.82, 2.24) is 0 Å². The number of carbonyl (C=O) groups is 1. The number of rotatable bonds is 4. The van der Waals surface area contributed by atoms with E-state index in [1.165, 1.54) is 0 Å². The molecule has 1 saturated heterocycles. The van der Waals surface area contributed by atoms with Gasteiger partial charge in [0.25, 0.3) is 0 Å². The van der Waals surface area contributed by atoms with Crippen LogP contribution in [0.15, 0.2) is 0 Å². The largest absolute Gasteiger partial charge is 0.390 e. The van der Waals surface area contributed by atoms with E-state index in [9.17, 15) is 9.90 Å². The average Bonchev–Trinajstić information content (AvgIpc) is 2.61. The molecular formula is C14H24O3. The van der Waals surface area contributed by atoms with E-state index < -0.39 is 0 Å². The van der Waals surface area contributed by atoms with Crippen molar-refractivity contribution in [1.29, 1.82) is 0 Å². The third kappa shape index (κ3) is 2.04. The number of hydrogen-bond acceptors (Lipinski definition) is 3. The molecule has 1 aliphatic carbocycles. The van der Waals surface area contributed by atoms with E-state index in [4.69, 9.17) is 4.74 Å². The van der Waals surface area contributed by atoms with Gasteiger partial charge < -0.3 is 9.84 Å². The molecule has 0 unspecified atom stereocenters. The molecule has 0 amide bonds. The van der Waals surface area contributed by atoms with Crippen molar-refractivity contribution >= 4 is 5.78 Å². The Balaban J connectivity index is 2.00. The zero-order chi connectivity index (χ0) is 12.8. The van der Waals surface area contributed by atoms with E-state index in [0.29, 0.717) is 6.42 Å². The first-order chi connectivity index (χ1) is 7.78. The van der Waals surface area contributed by atoms with Gasteiger partial charge in [0, 0.05) is 18.3 Å². The normalized spacial score (nSPS) is 44.6. The van der Waals surface area contributed by atoms with Gasteiger partial charge in [-0.15, -0.1) is 0 Å². The first kappa shape index (κ1) is 13.0. The van der Waals surface area contributed by atoms with Crippen molar-refractivity contribution < 1.29 is 14.6 Å². The SMILES string of the molecule is CC(C)C(=O)CC[C@@]1(C)O[C@]2(C)CC[C@@H]1[C@@H]2O. The van der Waals surface area contributed by atoms with Gasteiger partial charge in [-0.3, -0.25) is 4.79 Å². The maximum Gasteiger partial charge on any atom is 0.135 e. The molecule has 1 heterocycles. The van der Waals surface area contributed by atoms with Crippen LogP contribution >= 0.6 is 0 Å². The van der Waals surface area contributed by atoms with Crippen LogP contribution in [0.2, 0.25) is 0 Å². The predicted molar refractivity (Wildman–Crippen MR) is 65.7 cm³/mol. The Hall–Kier alpha value is -0.410. The molecule has 0 radical (unpaired) electrons. The minimum absolute atomic E-state index is 0.0951. The van der Waals surface area contributed by atoms with Crippen LogP contribution in [0.3, 0.4) is 0 Å². The number of fused-ring (bicyclic) bond motifs is 2. The van der Waals surface area contributed by atoms with Crippen LogP contribution in [0.5, 0.6) is 0 Å². The number of hydrogen-bond donors (Lipinski definition) is 1. The Morgan fingerprint density at radius 2 is 2.12 bits per heavy atom. The van der Waals surface area contributed by atoms with Gasteiger partial charge in [0.1, 0.15) is 5.78 Å². The summed E-state index contributed by atoms with van der Waals surface area (Å²) in [5.74, 6) is 0.586. The summed E-state index contributed by atoms with van der Waals surface area (Å²) in [5.41, 5.74) is -0.683. The standard InChI is InChI=1S/C14H24O3/c1-9(2)11(15)6-8-13(3)10-5-7-14(4,17-13)12(10)16/h9-10,12,16H,5-8H2,1-4H3/t10-,12+,13-,14-/m1/s1. The summed E-state index contributed by atoms with van der Waals surface area (Å²) in [4.78, 5) is 11.7. The molecule has 0 spiro atoms. The molecule has 0 aromatic heterocycles. The molecule has 3 nitrogen and oxygen atoms in total. The van der Waals surface area contributed by atoms with Crippen LogP contribution in [0.1, 0.15) is 53.4 Å². The zero-order valence-electron chi connectivity index (χ0n) is 11.3. The second-order valence-corrected chi connectivity index (χ2v) is 6.44. The number of Topliss-reactive ketones (excluding diaryl/α,β-unsaturated/α-hetero) is 1. The highest BCUT2D eigenvalue weighted by atomic mass is 16.6. The number of aliphatic hydroxyl groups is 1. The molecule has 1 aliphatic heterocycles. The summed E-state index contributed by atoms with van der Waals surface area (Å²) >= 11 is 0. The highest BCUT2D eigenvalue weighted by Gasteiger charge is 2.61.